The Labute approximate surface area is 93.1 Å². The summed E-state index contributed by atoms with van der Waals surface area (Å²) in [5.41, 5.74) is 5.11. The highest BCUT2D eigenvalue weighted by Gasteiger charge is 2.29. The van der Waals surface area contributed by atoms with Gasteiger partial charge in [-0.05, 0) is 6.04 Å². The van der Waals surface area contributed by atoms with E-state index in [9.17, 15) is 4.57 Å². The maximum atomic E-state index is 10.7. The molecule has 0 aromatic rings. The molecule has 0 saturated carbocycles. The van der Waals surface area contributed by atoms with Crippen molar-refractivity contribution in [1.29, 1.82) is 0 Å². The summed E-state index contributed by atoms with van der Waals surface area (Å²) in [4.78, 5) is 0. The van der Waals surface area contributed by atoms with E-state index in [1.165, 1.54) is 20.9 Å². The lowest BCUT2D eigenvalue weighted by Gasteiger charge is -2.27. The van der Waals surface area contributed by atoms with Gasteiger partial charge in [0.25, 0.3) is 5.97 Å². The van der Waals surface area contributed by atoms with E-state index in [1.54, 1.807) is 0 Å². The van der Waals surface area contributed by atoms with Crippen molar-refractivity contribution >= 4 is 8.03 Å². The van der Waals surface area contributed by atoms with Gasteiger partial charge >= 0.3 is 0 Å². The minimum atomic E-state index is -2.03. The predicted octanol–water partition coefficient (Wildman–Crippen LogP) is 1.82. The van der Waals surface area contributed by atoms with E-state index in [-0.39, 0.29) is 0 Å². The number of rotatable bonds is 5. The number of nitrogens with two attached hydrogens (primary N) is 1. The molecule has 0 aliphatic carbocycles. The molecule has 15 heavy (non-hydrogen) atoms. The van der Waals surface area contributed by atoms with E-state index in [4.69, 9.17) is 19.7 Å². The van der Waals surface area contributed by atoms with Gasteiger partial charge in [0, 0.05) is 27.3 Å². The third-order valence-corrected chi connectivity index (χ3v) is 1.95. The lowest BCUT2D eigenvalue weighted by atomic mass is 10.4. The number of hydrogen-bond donors (Lipinski definition) is 1. The number of ether oxygens (including phenoxy) is 2. The molecule has 0 rings (SSSR count). The van der Waals surface area contributed by atoms with E-state index < -0.39 is 14.0 Å². The maximum absolute atomic E-state index is 10.7. The van der Waals surface area contributed by atoms with E-state index in [0.29, 0.717) is 12.5 Å². The van der Waals surface area contributed by atoms with Crippen LogP contribution in [0.15, 0.2) is 0 Å². The maximum Gasteiger partial charge on any atom is 0.287 e. The van der Waals surface area contributed by atoms with Crippen molar-refractivity contribution in [2.75, 3.05) is 20.9 Å². The SMILES string of the molecule is CC(C)N.CCC(OC)(OC)O[PH](C)=O. The van der Waals surface area contributed by atoms with Gasteiger partial charge in [0.1, 0.15) is 0 Å². The fraction of sp³-hybridized carbons (Fsp3) is 1.00. The Kier molecular flexibility index (Phi) is 10.8. The summed E-state index contributed by atoms with van der Waals surface area (Å²) in [6.45, 7) is 7.21. The molecule has 1 atom stereocenters. The van der Waals surface area contributed by atoms with Crippen molar-refractivity contribution in [3.05, 3.63) is 0 Å². The van der Waals surface area contributed by atoms with Gasteiger partial charge in [-0.15, -0.1) is 0 Å². The lowest BCUT2D eigenvalue weighted by molar-refractivity contribution is -0.320. The predicted molar refractivity (Wildman–Crippen MR) is 62.4 cm³/mol. The first-order valence-corrected chi connectivity index (χ1v) is 6.70. The lowest BCUT2D eigenvalue weighted by Crippen LogP contribution is -2.33. The summed E-state index contributed by atoms with van der Waals surface area (Å²) >= 11 is 0. The zero-order chi connectivity index (χ0) is 12.5. The van der Waals surface area contributed by atoms with Gasteiger partial charge in [0.2, 0.25) is 0 Å². The third-order valence-electron chi connectivity index (χ3n) is 1.35. The van der Waals surface area contributed by atoms with Gasteiger partial charge in [-0.1, -0.05) is 20.8 Å². The summed E-state index contributed by atoms with van der Waals surface area (Å²) < 4.78 is 25.6. The Balaban J connectivity index is 0. The summed E-state index contributed by atoms with van der Waals surface area (Å²) in [5, 5.41) is 0. The van der Waals surface area contributed by atoms with Gasteiger partial charge in [0.15, 0.2) is 8.03 Å². The van der Waals surface area contributed by atoms with Crippen LogP contribution in [-0.2, 0) is 18.6 Å². The number of methoxy groups -OCH3 is 2. The molecule has 0 bridgehead atoms. The molecule has 0 spiro atoms. The van der Waals surface area contributed by atoms with Crippen LogP contribution < -0.4 is 5.73 Å². The largest absolute Gasteiger partial charge is 0.331 e. The Hall–Kier alpha value is 0.0700. The monoisotopic (exact) mass is 241 g/mol. The Morgan fingerprint density at radius 1 is 1.33 bits per heavy atom. The van der Waals surface area contributed by atoms with Crippen molar-refractivity contribution in [2.24, 2.45) is 5.73 Å². The summed E-state index contributed by atoms with van der Waals surface area (Å²) in [6.07, 6.45) is 0.504. The van der Waals surface area contributed by atoms with Gasteiger partial charge in [-0.3, -0.25) is 9.09 Å². The first-order chi connectivity index (χ1) is 6.83. The normalized spacial score (nSPS) is 13.3. The van der Waals surface area contributed by atoms with Crippen LogP contribution in [0.5, 0.6) is 0 Å². The van der Waals surface area contributed by atoms with Gasteiger partial charge in [0.05, 0.1) is 0 Å². The van der Waals surface area contributed by atoms with Crippen molar-refractivity contribution < 1.29 is 18.6 Å². The summed E-state index contributed by atoms with van der Waals surface area (Å²) in [5.74, 6) is -1.12. The molecule has 94 valence electrons. The van der Waals surface area contributed by atoms with Crippen molar-refractivity contribution in [3.8, 4) is 0 Å². The molecule has 0 radical (unpaired) electrons. The molecule has 0 amide bonds. The summed E-state index contributed by atoms with van der Waals surface area (Å²) in [7, 11) is 0.885. The molecule has 5 nitrogen and oxygen atoms in total. The zero-order valence-corrected chi connectivity index (χ0v) is 11.5. The molecular formula is C9H24NO4P. The number of hydrogen-bond acceptors (Lipinski definition) is 5. The highest BCUT2D eigenvalue weighted by atomic mass is 31.1. The fourth-order valence-electron chi connectivity index (χ4n) is 0.746. The molecule has 0 aliphatic rings. The van der Waals surface area contributed by atoms with E-state index in [1.807, 2.05) is 20.8 Å². The van der Waals surface area contributed by atoms with Gasteiger partial charge < -0.3 is 15.2 Å². The molecule has 1 unspecified atom stereocenters. The van der Waals surface area contributed by atoms with Gasteiger partial charge in [-0.2, -0.15) is 0 Å². The molecule has 0 aromatic heterocycles. The topological polar surface area (TPSA) is 70.8 Å². The van der Waals surface area contributed by atoms with E-state index >= 15 is 0 Å². The van der Waals surface area contributed by atoms with Crippen LogP contribution in [0, 0.1) is 0 Å². The Morgan fingerprint density at radius 2 is 1.67 bits per heavy atom. The molecule has 0 heterocycles. The minimum Gasteiger partial charge on any atom is -0.331 e. The molecule has 2 N–H and O–H groups in total. The van der Waals surface area contributed by atoms with Crippen molar-refractivity contribution in [3.63, 3.8) is 0 Å². The smallest absolute Gasteiger partial charge is 0.287 e. The average molecular weight is 241 g/mol. The average Bonchev–Trinajstić information content (AvgIpc) is 2.13. The molecule has 0 saturated heterocycles. The third kappa shape index (κ3) is 10.4. The van der Waals surface area contributed by atoms with Crippen LogP contribution in [0.3, 0.4) is 0 Å². The second-order valence-electron chi connectivity index (χ2n) is 3.28. The van der Waals surface area contributed by atoms with Gasteiger partial charge in [-0.25, -0.2) is 0 Å². The zero-order valence-electron chi connectivity index (χ0n) is 10.5. The van der Waals surface area contributed by atoms with E-state index in [0.717, 1.165) is 0 Å². The first-order valence-electron chi connectivity index (χ1n) is 4.89. The second kappa shape index (κ2) is 9.31. The van der Waals surface area contributed by atoms with Crippen LogP contribution in [0.1, 0.15) is 27.2 Å². The standard InChI is InChI=1S/C6H15O4P.C3H9N/c1-5-6(8-2,9-3)10-11(4)7;1-3(2)4/h11H,5H2,1-4H3;3H,4H2,1-2H3. The summed E-state index contributed by atoms with van der Waals surface area (Å²) in [6, 6.07) is 0.333. The Morgan fingerprint density at radius 3 is 1.73 bits per heavy atom. The molecule has 0 aromatic carbocycles. The minimum absolute atomic E-state index is 0.333. The molecular weight excluding hydrogens is 217 g/mol. The van der Waals surface area contributed by atoms with Crippen LogP contribution in [-0.4, -0.2) is 32.9 Å². The molecule has 0 fully saturated rings. The van der Waals surface area contributed by atoms with E-state index in [2.05, 4.69) is 0 Å². The quantitative estimate of drug-likeness (QED) is 0.587. The molecule has 0 aliphatic heterocycles. The van der Waals surface area contributed by atoms with Crippen LogP contribution >= 0.6 is 8.03 Å². The van der Waals surface area contributed by atoms with Crippen LogP contribution in [0.2, 0.25) is 0 Å². The van der Waals surface area contributed by atoms with Crippen LogP contribution in [0.25, 0.3) is 0 Å². The van der Waals surface area contributed by atoms with Crippen molar-refractivity contribution in [2.45, 2.75) is 39.2 Å². The first kappa shape index (κ1) is 17.5. The molecule has 6 heteroatoms. The van der Waals surface area contributed by atoms with Crippen LogP contribution in [0.4, 0.5) is 0 Å². The van der Waals surface area contributed by atoms with Crippen molar-refractivity contribution in [1.82, 2.24) is 0 Å². The Bertz CT molecular complexity index is 160. The highest BCUT2D eigenvalue weighted by Crippen LogP contribution is 2.30. The fourth-order valence-corrected chi connectivity index (χ4v) is 1.50. The second-order valence-corrected chi connectivity index (χ2v) is 4.47. The highest BCUT2D eigenvalue weighted by molar-refractivity contribution is 7.38.